The molecule has 0 spiro atoms. The summed E-state index contributed by atoms with van der Waals surface area (Å²) in [5.74, 6) is -0.797. The number of halogens is 1. The largest absolute Gasteiger partial charge is 0.355 e. The highest BCUT2D eigenvalue weighted by atomic mass is 32.2. The number of hydrogen-bond donors (Lipinski definition) is 1. The first-order valence-corrected chi connectivity index (χ1v) is 9.58. The molecular weight excluding hydrogens is 333 g/mol. The van der Waals surface area contributed by atoms with Crippen molar-refractivity contribution in [2.75, 3.05) is 32.7 Å². The Labute approximate surface area is 142 Å². The lowest BCUT2D eigenvalue weighted by molar-refractivity contribution is -0.126. The maximum atomic E-state index is 13.8. The molecule has 134 valence electrons. The molecule has 0 bridgehead atoms. The molecule has 8 heteroatoms. The molecule has 1 aromatic carbocycles. The molecule has 0 aliphatic carbocycles. The summed E-state index contributed by atoms with van der Waals surface area (Å²) in [6.45, 7) is 5.78. The summed E-state index contributed by atoms with van der Waals surface area (Å²) in [5.41, 5.74) is 0. The number of carbonyl (C=O) groups excluding carboxylic acids is 1. The van der Waals surface area contributed by atoms with E-state index in [0.29, 0.717) is 19.6 Å². The van der Waals surface area contributed by atoms with Gasteiger partial charge in [-0.05, 0) is 25.5 Å². The molecule has 1 amide bonds. The van der Waals surface area contributed by atoms with Crippen molar-refractivity contribution in [1.29, 1.82) is 0 Å². The van der Waals surface area contributed by atoms with Crippen molar-refractivity contribution < 1.29 is 17.6 Å². The van der Waals surface area contributed by atoms with E-state index in [-0.39, 0.29) is 29.9 Å². The second kappa shape index (κ2) is 8.04. The summed E-state index contributed by atoms with van der Waals surface area (Å²) < 4.78 is 40.2. The average molecular weight is 357 g/mol. The van der Waals surface area contributed by atoms with Crippen LogP contribution in [0.4, 0.5) is 4.39 Å². The predicted molar refractivity (Wildman–Crippen MR) is 89.5 cm³/mol. The van der Waals surface area contributed by atoms with Gasteiger partial charge < -0.3 is 5.32 Å². The fourth-order valence-corrected chi connectivity index (χ4v) is 4.17. The maximum absolute atomic E-state index is 13.8. The van der Waals surface area contributed by atoms with Gasteiger partial charge in [0.05, 0.1) is 6.04 Å². The lowest BCUT2D eigenvalue weighted by Gasteiger charge is -2.36. The SMILES string of the molecule is CCCNC(=O)C(C)N1CCN(S(=O)(=O)c2ccccc2F)CC1. The van der Waals surface area contributed by atoms with Crippen molar-refractivity contribution in [1.82, 2.24) is 14.5 Å². The highest BCUT2D eigenvalue weighted by Crippen LogP contribution is 2.20. The molecule has 1 N–H and O–H groups in total. The minimum Gasteiger partial charge on any atom is -0.355 e. The Morgan fingerprint density at radius 3 is 2.46 bits per heavy atom. The highest BCUT2D eigenvalue weighted by molar-refractivity contribution is 7.89. The molecular formula is C16H24FN3O3S. The third-order valence-electron chi connectivity index (χ3n) is 4.20. The summed E-state index contributed by atoms with van der Waals surface area (Å²) in [6, 6.07) is 5.07. The standard InChI is InChI=1S/C16H24FN3O3S/c1-3-8-18-16(21)13(2)19-9-11-20(12-10-19)24(22,23)15-7-5-4-6-14(15)17/h4-7,13H,3,8-12H2,1-2H3,(H,18,21). The molecule has 1 aromatic rings. The third kappa shape index (κ3) is 4.12. The molecule has 1 atom stereocenters. The van der Waals surface area contributed by atoms with Crippen LogP contribution in [-0.2, 0) is 14.8 Å². The van der Waals surface area contributed by atoms with E-state index in [1.165, 1.54) is 22.5 Å². The number of amides is 1. The lowest BCUT2D eigenvalue weighted by atomic mass is 10.2. The van der Waals surface area contributed by atoms with Gasteiger partial charge >= 0.3 is 0 Å². The monoisotopic (exact) mass is 357 g/mol. The molecule has 1 unspecified atom stereocenters. The Morgan fingerprint density at radius 2 is 1.88 bits per heavy atom. The van der Waals surface area contributed by atoms with Crippen LogP contribution in [0.15, 0.2) is 29.2 Å². The van der Waals surface area contributed by atoms with Crippen LogP contribution in [0, 0.1) is 5.82 Å². The number of nitrogens with zero attached hydrogens (tertiary/aromatic N) is 2. The summed E-state index contributed by atoms with van der Waals surface area (Å²) in [5, 5.41) is 2.84. The van der Waals surface area contributed by atoms with Crippen molar-refractivity contribution in [3.8, 4) is 0 Å². The molecule has 0 saturated carbocycles. The second-order valence-corrected chi connectivity index (χ2v) is 7.74. The van der Waals surface area contributed by atoms with Gasteiger partial charge in [0, 0.05) is 32.7 Å². The zero-order valence-electron chi connectivity index (χ0n) is 14.0. The molecule has 1 saturated heterocycles. The van der Waals surface area contributed by atoms with Crippen LogP contribution in [0.2, 0.25) is 0 Å². The maximum Gasteiger partial charge on any atom is 0.246 e. The van der Waals surface area contributed by atoms with Crippen molar-refractivity contribution in [2.45, 2.75) is 31.2 Å². The van der Waals surface area contributed by atoms with E-state index in [0.717, 1.165) is 12.5 Å². The van der Waals surface area contributed by atoms with Crippen molar-refractivity contribution in [3.05, 3.63) is 30.1 Å². The van der Waals surface area contributed by atoms with E-state index in [1.807, 2.05) is 18.7 Å². The second-order valence-electron chi connectivity index (χ2n) is 5.84. The zero-order chi connectivity index (χ0) is 17.7. The van der Waals surface area contributed by atoms with Crippen LogP contribution in [0.3, 0.4) is 0 Å². The smallest absolute Gasteiger partial charge is 0.246 e. The van der Waals surface area contributed by atoms with Gasteiger partial charge in [-0.2, -0.15) is 4.31 Å². The van der Waals surface area contributed by atoms with Crippen LogP contribution >= 0.6 is 0 Å². The first-order valence-electron chi connectivity index (χ1n) is 8.14. The van der Waals surface area contributed by atoms with Crippen molar-refractivity contribution in [2.24, 2.45) is 0 Å². The topological polar surface area (TPSA) is 69.7 Å². The Hall–Kier alpha value is -1.51. The quantitative estimate of drug-likeness (QED) is 0.826. The fraction of sp³-hybridized carbons (Fsp3) is 0.562. The minimum atomic E-state index is -3.85. The molecule has 0 radical (unpaired) electrons. The summed E-state index contributed by atoms with van der Waals surface area (Å²) >= 11 is 0. The van der Waals surface area contributed by atoms with Crippen LogP contribution in [0.25, 0.3) is 0 Å². The average Bonchev–Trinajstić information content (AvgIpc) is 2.59. The van der Waals surface area contributed by atoms with Gasteiger partial charge in [0.1, 0.15) is 10.7 Å². The van der Waals surface area contributed by atoms with Gasteiger partial charge in [-0.15, -0.1) is 0 Å². The Bertz CT molecular complexity index is 673. The zero-order valence-corrected chi connectivity index (χ0v) is 14.9. The molecule has 1 fully saturated rings. The molecule has 0 aromatic heterocycles. The van der Waals surface area contributed by atoms with Crippen LogP contribution in [0.1, 0.15) is 20.3 Å². The number of rotatable bonds is 6. The fourth-order valence-electron chi connectivity index (χ4n) is 2.69. The van der Waals surface area contributed by atoms with Gasteiger partial charge in [-0.3, -0.25) is 9.69 Å². The predicted octanol–water partition coefficient (Wildman–Crippen LogP) is 1.05. The molecule has 1 aliphatic heterocycles. The van der Waals surface area contributed by atoms with E-state index in [1.54, 1.807) is 0 Å². The third-order valence-corrected chi connectivity index (χ3v) is 6.14. The highest BCUT2D eigenvalue weighted by Gasteiger charge is 2.32. The number of benzene rings is 1. The molecule has 6 nitrogen and oxygen atoms in total. The van der Waals surface area contributed by atoms with E-state index < -0.39 is 15.8 Å². The van der Waals surface area contributed by atoms with Gasteiger partial charge in [0.25, 0.3) is 0 Å². The van der Waals surface area contributed by atoms with Gasteiger partial charge in [-0.25, -0.2) is 12.8 Å². The Morgan fingerprint density at radius 1 is 1.25 bits per heavy atom. The normalized spacial score (nSPS) is 18.3. The minimum absolute atomic E-state index is 0.0535. The lowest BCUT2D eigenvalue weighted by Crippen LogP contribution is -2.55. The van der Waals surface area contributed by atoms with Crippen LogP contribution < -0.4 is 5.32 Å². The van der Waals surface area contributed by atoms with Gasteiger partial charge in [0.2, 0.25) is 15.9 Å². The Balaban J connectivity index is 2.00. The van der Waals surface area contributed by atoms with E-state index in [4.69, 9.17) is 0 Å². The Kier molecular flexibility index (Phi) is 6.31. The summed E-state index contributed by atoms with van der Waals surface area (Å²) in [7, 11) is -3.85. The van der Waals surface area contributed by atoms with E-state index >= 15 is 0 Å². The molecule has 2 rings (SSSR count). The summed E-state index contributed by atoms with van der Waals surface area (Å²) in [4.78, 5) is 13.7. The number of nitrogens with one attached hydrogen (secondary N) is 1. The van der Waals surface area contributed by atoms with Gasteiger partial charge in [-0.1, -0.05) is 19.1 Å². The number of piperazine rings is 1. The molecule has 24 heavy (non-hydrogen) atoms. The summed E-state index contributed by atoms with van der Waals surface area (Å²) in [6.07, 6.45) is 0.868. The molecule has 1 aliphatic rings. The van der Waals surface area contributed by atoms with Crippen molar-refractivity contribution >= 4 is 15.9 Å². The number of hydrogen-bond acceptors (Lipinski definition) is 4. The van der Waals surface area contributed by atoms with E-state index in [9.17, 15) is 17.6 Å². The number of carbonyl (C=O) groups is 1. The molecule has 1 heterocycles. The van der Waals surface area contributed by atoms with E-state index in [2.05, 4.69) is 5.32 Å². The van der Waals surface area contributed by atoms with Crippen LogP contribution in [-0.4, -0.2) is 62.3 Å². The number of sulfonamides is 1. The van der Waals surface area contributed by atoms with Crippen molar-refractivity contribution in [3.63, 3.8) is 0 Å². The van der Waals surface area contributed by atoms with Crippen LogP contribution in [0.5, 0.6) is 0 Å². The first-order chi connectivity index (χ1) is 11.4. The first kappa shape index (κ1) is 18.8. The van der Waals surface area contributed by atoms with Gasteiger partial charge in [0.15, 0.2) is 0 Å².